The maximum Gasteiger partial charge on any atom is 0.341 e. The van der Waals surface area contributed by atoms with Crippen LogP contribution in [0.25, 0.3) is 10.9 Å². The number of carbonyl (C=O) groups is 1. The lowest BCUT2D eigenvalue weighted by Crippen LogP contribution is -2.19. The first-order valence-electron chi connectivity index (χ1n) is 5.87. The molecule has 1 aliphatic carbocycles. The van der Waals surface area contributed by atoms with Crippen LogP contribution in [0.15, 0.2) is 21.5 Å². The minimum atomic E-state index is -1.38. The van der Waals surface area contributed by atoms with Crippen LogP contribution in [0.5, 0.6) is 0 Å². The van der Waals surface area contributed by atoms with Gasteiger partial charge in [-0.2, -0.15) is 0 Å². The van der Waals surface area contributed by atoms with Crippen LogP contribution >= 0.6 is 15.9 Å². The summed E-state index contributed by atoms with van der Waals surface area (Å²) in [5.41, 5.74) is -1.06. The molecule has 104 valence electrons. The van der Waals surface area contributed by atoms with Crippen molar-refractivity contribution < 1.29 is 18.7 Å². The largest absolute Gasteiger partial charge is 0.477 e. The van der Waals surface area contributed by atoms with Crippen LogP contribution in [0, 0.1) is 11.6 Å². The van der Waals surface area contributed by atoms with Gasteiger partial charge in [-0.3, -0.25) is 4.79 Å². The van der Waals surface area contributed by atoms with Gasteiger partial charge in [-0.05, 0) is 34.8 Å². The normalized spacial score (nSPS) is 14.8. The van der Waals surface area contributed by atoms with Crippen LogP contribution in [-0.4, -0.2) is 15.6 Å². The zero-order valence-electron chi connectivity index (χ0n) is 9.99. The second kappa shape index (κ2) is 4.37. The molecule has 0 amide bonds. The number of pyridine rings is 1. The third kappa shape index (κ3) is 1.84. The molecule has 4 nitrogen and oxygen atoms in total. The van der Waals surface area contributed by atoms with Crippen LogP contribution < -0.4 is 5.43 Å². The van der Waals surface area contributed by atoms with Gasteiger partial charge in [-0.15, -0.1) is 0 Å². The van der Waals surface area contributed by atoms with Gasteiger partial charge in [0.1, 0.15) is 5.56 Å². The van der Waals surface area contributed by atoms with Crippen molar-refractivity contribution >= 4 is 32.8 Å². The highest BCUT2D eigenvalue weighted by molar-refractivity contribution is 9.10. The highest BCUT2D eigenvalue weighted by Gasteiger charge is 2.29. The van der Waals surface area contributed by atoms with Gasteiger partial charge >= 0.3 is 5.97 Å². The predicted molar refractivity (Wildman–Crippen MR) is 71.1 cm³/mol. The summed E-state index contributed by atoms with van der Waals surface area (Å²) in [6.07, 6.45) is 2.82. The number of halogens is 3. The lowest BCUT2D eigenvalue weighted by atomic mass is 10.1. The molecule has 0 atom stereocenters. The number of hydrogen-bond acceptors (Lipinski definition) is 2. The van der Waals surface area contributed by atoms with Crippen molar-refractivity contribution in [2.24, 2.45) is 0 Å². The highest BCUT2D eigenvalue weighted by atomic mass is 79.9. The molecule has 0 radical (unpaired) electrons. The first kappa shape index (κ1) is 13.2. The van der Waals surface area contributed by atoms with Gasteiger partial charge in [-0.25, -0.2) is 13.6 Å². The highest BCUT2D eigenvalue weighted by Crippen LogP contribution is 2.39. The summed E-state index contributed by atoms with van der Waals surface area (Å²) in [5.74, 6) is -3.66. The van der Waals surface area contributed by atoms with Gasteiger partial charge in [-0.1, -0.05) is 0 Å². The zero-order chi connectivity index (χ0) is 14.6. The molecule has 0 bridgehead atoms. The monoisotopic (exact) mass is 343 g/mol. The summed E-state index contributed by atoms with van der Waals surface area (Å²) in [5, 5.41) is 8.92. The topological polar surface area (TPSA) is 59.3 Å². The second-order valence-electron chi connectivity index (χ2n) is 4.70. The van der Waals surface area contributed by atoms with E-state index in [2.05, 4.69) is 15.9 Å². The average molecular weight is 344 g/mol. The smallest absolute Gasteiger partial charge is 0.341 e. The van der Waals surface area contributed by atoms with Crippen molar-refractivity contribution in [3.63, 3.8) is 0 Å². The quantitative estimate of drug-likeness (QED) is 0.852. The molecule has 1 aromatic carbocycles. The van der Waals surface area contributed by atoms with Gasteiger partial charge in [0.05, 0.1) is 15.4 Å². The van der Waals surface area contributed by atoms with Gasteiger partial charge in [0.15, 0.2) is 11.6 Å². The maximum atomic E-state index is 13.7. The summed E-state index contributed by atoms with van der Waals surface area (Å²) >= 11 is 2.95. The lowest BCUT2D eigenvalue weighted by molar-refractivity contribution is 0.0695. The molecule has 3 rings (SSSR count). The van der Waals surface area contributed by atoms with Crippen molar-refractivity contribution in [1.82, 2.24) is 4.57 Å². The van der Waals surface area contributed by atoms with Crippen molar-refractivity contribution in [3.05, 3.63) is 44.2 Å². The first-order valence-corrected chi connectivity index (χ1v) is 6.66. The molecule has 0 saturated heterocycles. The van der Waals surface area contributed by atoms with Crippen LogP contribution in [0.2, 0.25) is 0 Å². The Balaban J connectivity index is 2.52. The van der Waals surface area contributed by atoms with Gasteiger partial charge in [0.25, 0.3) is 0 Å². The lowest BCUT2D eigenvalue weighted by Gasteiger charge is -2.13. The minimum absolute atomic E-state index is 0.0114. The molecule has 0 unspecified atom stereocenters. The Morgan fingerprint density at radius 3 is 2.60 bits per heavy atom. The Morgan fingerprint density at radius 1 is 1.40 bits per heavy atom. The SMILES string of the molecule is O=C(O)c1cn(C2CC2)c2c(Br)c(F)c(F)cc2c1=O. The van der Waals surface area contributed by atoms with E-state index in [9.17, 15) is 18.4 Å². The molecular weight excluding hydrogens is 336 g/mol. The minimum Gasteiger partial charge on any atom is -0.477 e. The number of fused-ring (bicyclic) bond motifs is 1. The third-order valence-electron chi connectivity index (χ3n) is 3.32. The van der Waals surface area contributed by atoms with Crippen LogP contribution in [0.1, 0.15) is 29.2 Å². The van der Waals surface area contributed by atoms with Crippen molar-refractivity contribution in [1.29, 1.82) is 0 Å². The summed E-state index contributed by atoms with van der Waals surface area (Å²) in [4.78, 5) is 23.2. The van der Waals surface area contributed by atoms with Crippen molar-refractivity contribution in [3.8, 4) is 0 Å². The van der Waals surface area contributed by atoms with Crippen LogP contribution in [-0.2, 0) is 0 Å². The predicted octanol–water partition coefficient (Wildman–Crippen LogP) is 3.08. The van der Waals surface area contributed by atoms with E-state index in [1.54, 1.807) is 0 Å². The van der Waals surface area contributed by atoms with E-state index in [0.29, 0.717) is 0 Å². The molecule has 1 fully saturated rings. The van der Waals surface area contributed by atoms with Crippen molar-refractivity contribution in [2.75, 3.05) is 0 Å². The van der Waals surface area contributed by atoms with E-state index >= 15 is 0 Å². The summed E-state index contributed by atoms with van der Waals surface area (Å²) in [7, 11) is 0. The number of nitrogens with zero attached hydrogens (tertiary/aromatic N) is 1. The molecule has 2 aromatic rings. The fourth-order valence-corrected chi connectivity index (χ4v) is 2.82. The molecule has 20 heavy (non-hydrogen) atoms. The molecule has 0 spiro atoms. The summed E-state index contributed by atoms with van der Waals surface area (Å²) < 4.78 is 28.5. The maximum absolute atomic E-state index is 13.7. The van der Waals surface area contributed by atoms with Gasteiger partial charge < -0.3 is 9.67 Å². The summed E-state index contributed by atoms with van der Waals surface area (Å²) in [6.45, 7) is 0. The van der Waals surface area contributed by atoms with E-state index in [1.165, 1.54) is 10.8 Å². The summed E-state index contributed by atoms with van der Waals surface area (Å²) in [6, 6.07) is 0.765. The van der Waals surface area contributed by atoms with Gasteiger partial charge in [0.2, 0.25) is 5.43 Å². The van der Waals surface area contributed by atoms with E-state index in [0.717, 1.165) is 18.9 Å². The Bertz CT molecular complexity index is 812. The Labute approximate surface area is 119 Å². The number of carboxylic acid groups (broad SMARTS) is 1. The van der Waals surface area contributed by atoms with E-state index < -0.39 is 28.6 Å². The Kier molecular flexibility index (Phi) is 2.89. The van der Waals surface area contributed by atoms with Crippen LogP contribution in [0.4, 0.5) is 8.78 Å². The fourth-order valence-electron chi connectivity index (χ4n) is 2.21. The number of aromatic nitrogens is 1. The number of benzene rings is 1. The average Bonchev–Trinajstić information content (AvgIpc) is 3.21. The number of carboxylic acids is 1. The van der Waals surface area contributed by atoms with Gasteiger partial charge in [0, 0.05) is 12.2 Å². The van der Waals surface area contributed by atoms with E-state index in [1.807, 2.05) is 0 Å². The first-order chi connectivity index (χ1) is 9.41. The zero-order valence-corrected chi connectivity index (χ0v) is 11.6. The molecule has 0 aliphatic heterocycles. The van der Waals surface area contributed by atoms with Crippen LogP contribution in [0.3, 0.4) is 0 Å². The molecule has 1 aromatic heterocycles. The molecular formula is C13H8BrF2NO3. The molecule has 1 aliphatic rings. The number of aromatic carboxylic acids is 1. The molecule has 1 N–H and O–H groups in total. The van der Waals surface area contributed by atoms with E-state index in [-0.39, 0.29) is 21.4 Å². The van der Waals surface area contributed by atoms with E-state index in [4.69, 9.17) is 5.11 Å². The number of rotatable bonds is 2. The standard InChI is InChI=1S/C13H8BrF2NO3/c14-9-10(16)8(15)3-6-11(9)17(5-1-2-5)4-7(12(6)18)13(19)20/h3-5H,1-2H2,(H,19,20). The molecule has 1 saturated carbocycles. The molecule has 7 heteroatoms. The fraction of sp³-hybridized carbons (Fsp3) is 0.231. The Hall–Kier alpha value is -1.76. The number of hydrogen-bond donors (Lipinski definition) is 1. The molecule has 1 heterocycles. The van der Waals surface area contributed by atoms with Crippen molar-refractivity contribution in [2.45, 2.75) is 18.9 Å². The third-order valence-corrected chi connectivity index (χ3v) is 4.05. The second-order valence-corrected chi connectivity index (χ2v) is 5.49. The Morgan fingerprint density at radius 2 is 2.05 bits per heavy atom.